The van der Waals surface area contributed by atoms with E-state index in [1.54, 1.807) is 6.20 Å². The van der Waals surface area contributed by atoms with Crippen LogP contribution >= 0.6 is 23.2 Å². The second kappa shape index (κ2) is 14.1. The number of rotatable bonds is 9. The Balaban J connectivity index is 1.35. The number of nitrogens with zero attached hydrogens (tertiary/aromatic N) is 7. The van der Waals surface area contributed by atoms with Crippen molar-refractivity contribution in [3.63, 3.8) is 0 Å². The summed E-state index contributed by atoms with van der Waals surface area (Å²) in [7, 11) is 4.08. The molecule has 1 fully saturated rings. The second-order valence-corrected chi connectivity index (χ2v) is 14.6. The third-order valence-electron chi connectivity index (χ3n) is 8.89. The van der Waals surface area contributed by atoms with Gasteiger partial charge in [-0.25, -0.2) is 4.68 Å². The number of anilines is 3. The molecule has 0 unspecified atom stereocenters. The van der Waals surface area contributed by atoms with Gasteiger partial charge >= 0.3 is 0 Å². The molecule has 9 nitrogen and oxygen atoms in total. The molecule has 0 bridgehead atoms. The van der Waals surface area contributed by atoms with Gasteiger partial charge in [0.1, 0.15) is 11.8 Å². The Morgan fingerprint density at radius 3 is 2.35 bits per heavy atom. The summed E-state index contributed by atoms with van der Waals surface area (Å²) in [5.41, 5.74) is 6.38. The van der Waals surface area contributed by atoms with Gasteiger partial charge in [-0.1, -0.05) is 52.7 Å². The van der Waals surface area contributed by atoms with E-state index in [0.717, 1.165) is 54.8 Å². The first-order valence-corrected chi connectivity index (χ1v) is 17.0. The van der Waals surface area contributed by atoms with Crippen LogP contribution in [0.3, 0.4) is 0 Å². The van der Waals surface area contributed by atoms with Gasteiger partial charge in [0.25, 0.3) is 0 Å². The highest BCUT2D eigenvalue weighted by Gasteiger charge is 2.29. The van der Waals surface area contributed by atoms with E-state index in [-0.39, 0.29) is 17.6 Å². The van der Waals surface area contributed by atoms with Crippen LogP contribution in [0.5, 0.6) is 0 Å². The molecule has 0 aliphatic carbocycles. The fourth-order valence-corrected chi connectivity index (χ4v) is 6.69. The lowest BCUT2D eigenvalue weighted by Crippen LogP contribution is -2.46. The maximum Gasteiger partial charge on any atom is 0.109 e. The van der Waals surface area contributed by atoms with Crippen LogP contribution in [-0.4, -0.2) is 62.5 Å². The number of benzene rings is 3. The molecule has 2 aromatic heterocycles. The van der Waals surface area contributed by atoms with Crippen LogP contribution in [0.25, 0.3) is 10.9 Å². The molecule has 0 amide bonds. The zero-order valence-corrected chi connectivity index (χ0v) is 29.5. The van der Waals surface area contributed by atoms with E-state index in [1.807, 2.05) is 73.5 Å². The average molecular weight is 683 g/mol. The maximum atomic E-state index is 10.1. The number of pyridine rings is 1. The van der Waals surface area contributed by atoms with Crippen molar-refractivity contribution in [3.05, 3.63) is 105 Å². The van der Waals surface area contributed by atoms with Crippen LogP contribution in [-0.2, 0) is 6.54 Å². The predicted molar refractivity (Wildman–Crippen MR) is 195 cm³/mol. The minimum atomic E-state index is -0.370. The smallest absolute Gasteiger partial charge is 0.109 e. The van der Waals surface area contributed by atoms with E-state index in [0.29, 0.717) is 32.5 Å². The lowest BCUT2D eigenvalue weighted by atomic mass is 9.98. The summed E-state index contributed by atoms with van der Waals surface area (Å²) in [5, 5.41) is 28.4. The molecule has 2 N–H and O–H groups in total. The Labute approximate surface area is 292 Å². The molecule has 1 aliphatic heterocycles. The van der Waals surface area contributed by atoms with Gasteiger partial charge in [0.05, 0.1) is 40.7 Å². The molecular weight excluding hydrogens is 641 g/mol. The van der Waals surface area contributed by atoms with E-state index in [9.17, 15) is 5.26 Å². The van der Waals surface area contributed by atoms with Gasteiger partial charge in [-0.05, 0) is 95.2 Å². The topological polar surface area (TPSA) is 97.9 Å². The Hall–Kier alpha value is -4.20. The van der Waals surface area contributed by atoms with Crippen LogP contribution < -0.4 is 10.6 Å². The van der Waals surface area contributed by atoms with E-state index in [1.165, 1.54) is 5.56 Å². The molecule has 3 aromatic carbocycles. The molecule has 11 heteroatoms. The Bertz CT molecular complexity index is 1910. The van der Waals surface area contributed by atoms with E-state index >= 15 is 0 Å². The molecule has 6 rings (SSSR count). The predicted octanol–water partition coefficient (Wildman–Crippen LogP) is 8.45. The zero-order valence-electron chi connectivity index (χ0n) is 28.0. The summed E-state index contributed by atoms with van der Waals surface area (Å²) >= 11 is 13.1. The number of fused-ring (bicyclic) bond motifs is 1. The van der Waals surface area contributed by atoms with Crippen molar-refractivity contribution < 1.29 is 0 Å². The quantitative estimate of drug-likeness (QED) is 0.160. The third-order valence-corrected chi connectivity index (χ3v) is 9.36. The molecule has 0 spiro atoms. The molecule has 0 saturated carbocycles. The second-order valence-electron chi connectivity index (χ2n) is 13.7. The highest BCUT2D eigenvalue weighted by Crippen LogP contribution is 2.38. The largest absolute Gasteiger partial charge is 0.371 e. The number of nitrogens with one attached hydrogen (secondary N) is 2. The minimum Gasteiger partial charge on any atom is -0.371 e. The number of aromatic nitrogens is 4. The standard InChI is InChI=1S/C37H41Cl2N9/c1-37(2,3)47-16-14-30(15-17-47)48-23-33(44-45-48)35(25-8-10-27(38)11-9-25)43-32-19-28(39)18-31-34(26(20-40)21-41-36(31)32)42-29-12-6-24(7-13-29)22-46(4)5/h6-13,18-19,21,23,30,35,43H,14-17,22H2,1-5H3,(H,41,42)/t35-/m0/s1. The molecule has 0 radical (unpaired) electrons. The van der Waals surface area contributed by atoms with Crippen molar-refractivity contribution in [2.75, 3.05) is 37.8 Å². The van der Waals surface area contributed by atoms with Crippen molar-refractivity contribution in [1.82, 2.24) is 29.8 Å². The van der Waals surface area contributed by atoms with Crippen LogP contribution in [0, 0.1) is 11.3 Å². The molecule has 1 aliphatic rings. The molecule has 3 heterocycles. The third kappa shape index (κ3) is 7.58. The van der Waals surface area contributed by atoms with Gasteiger partial charge in [0.2, 0.25) is 0 Å². The van der Waals surface area contributed by atoms with Gasteiger partial charge in [-0.2, -0.15) is 5.26 Å². The SMILES string of the molecule is CN(C)Cc1ccc(Nc2c(C#N)cnc3c(N[C@@H](c4ccc(Cl)cc4)c4cn(C5CCN(C(C)(C)C)CC5)nn4)cc(Cl)cc23)cc1. The Morgan fingerprint density at radius 2 is 1.71 bits per heavy atom. The zero-order chi connectivity index (χ0) is 34.0. The fourth-order valence-electron chi connectivity index (χ4n) is 6.34. The van der Waals surface area contributed by atoms with Crippen molar-refractivity contribution in [2.45, 2.75) is 57.8 Å². The van der Waals surface area contributed by atoms with Gasteiger partial charge < -0.3 is 15.5 Å². The van der Waals surface area contributed by atoms with E-state index < -0.39 is 0 Å². The number of piperidine rings is 1. The van der Waals surface area contributed by atoms with Crippen LogP contribution in [0.4, 0.5) is 17.1 Å². The summed E-state index contributed by atoms with van der Waals surface area (Å²) in [4.78, 5) is 9.39. The van der Waals surface area contributed by atoms with Crippen molar-refractivity contribution in [1.29, 1.82) is 5.26 Å². The molecule has 48 heavy (non-hydrogen) atoms. The van der Waals surface area contributed by atoms with E-state index in [4.69, 9.17) is 28.2 Å². The highest BCUT2D eigenvalue weighted by molar-refractivity contribution is 6.32. The molecule has 5 aromatic rings. The summed E-state index contributed by atoms with van der Waals surface area (Å²) in [6, 6.07) is 21.8. The number of likely N-dealkylation sites (tertiary alicyclic amines) is 1. The van der Waals surface area contributed by atoms with Gasteiger partial charge in [0, 0.05) is 52.5 Å². The molecule has 1 saturated heterocycles. The number of hydrogen-bond donors (Lipinski definition) is 2. The van der Waals surface area contributed by atoms with Crippen molar-refractivity contribution >= 4 is 51.2 Å². The first kappa shape index (κ1) is 33.7. The van der Waals surface area contributed by atoms with Crippen LogP contribution in [0.1, 0.15) is 68.1 Å². The summed E-state index contributed by atoms with van der Waals surface area (Å²) in [6.07, 6.45) is 5.67. The first-order chi connectivity index (χ1) is 23.0. The molecule has 1 atom stereocenters. The fraction of sp³-hybridized carbons (Fsp3) is 0.351. The Morgan fingerprint density at radius 1 is 1.00 bits per heavy atom. The Kier molecular flexibility index (Phi) is 9.90. The summed E-state index contributed by atoms with van der Waals surface area (Å²) in [6.45, 7) is 9.67. The van der Waals surface area contributed by atoms with Gasteiger partial charge in [0.15, 0.2) is 0 Å². The van der Waals surface area contributed by atoms with E-state index in [2.05, 4.69) is 69.7 Å². The van der Waals surface area contributed by atoms with Crippen LogP contribution in [0.15, 0.2) is 73.1 Å². The van der Waals surface area contributed by atoms with Crippen molar-refractivity contribution in [3.8, 4) is 6.07 Å². The average Bonchev–Trinajstić information content (AvgIpc) is 3.55. The monoisotopic (exact) mass is 681 g/mol. The van der Waals surface area contributed by atoms with Crippen LogP contribution in [0.2, 0.25) is 10.0 Å². The summed E-state index contributed by atoms with van der Waals surface area (Å²) in [5.74, 6) is 0. The number of nitriles is 1. The first-order valence-electron chi connectivity index (χ1n) is 16.2. The highest BCUT2D eigenvalue weighted by atomic mass is 35.5. The molecular formula is C37H41Cl2N9. The normalized spacial score (nSPS) is 15.1. The molecule has 248 valence electrons. The lowest BCUT2D eigenvalue weighted by Gasteiger charge is -2.40. The van der Waals surface area contributed by atoms with Crippen molar-refractivity contribution in [2.24, 2.45) is 0 Å². The lowest BCUT2D eigenvalue weighted by molar-refractivity contribution is 0.0866. The summed E-state index contributed by atoms with van der Waals surface area (Å²) < 4.78 is 2.01. The maximum absolute atomic E-state index is 10.1. The number of halogens is 2. The van der Waals surface area contributed by atoms with Gasteiger partial charge in [-0.15, -0.1) is 5.10 Å². The van der Waals surface area contributed by atoms with Gasteiger partial charge in [-0.3, -0.25) is 9.88 Å². The minimum absolute atomic E-state index is 0.149. The number of hydrogen-bond acceptors (Lipinski definition) is 8.